The minimum Gasteiger partial charge on any atom is -0.399 e. The molecule has 1 aromatic rings. The molecule has 0 amide bonds. The summed E-state index contributed by atoms with van der Waals surface area (Å²) in [7, 11) is 6.00. The predicted molar refractivity (Wildman–Crippen MR) is 81.4 cm³/mol. The molecule has 0 heterocycles. The molecule has 0 spiro atoms. The molecule has 0 bridgehead atoms. The van der Waals surface area contributed by atoms with Crippen molar-refractivity contribution in [1.29, 1.82) is 0 Å². The van der Waals surface area contributed by atoms with E-state index in [1.54, 1.807) is 0 Å². The van der Waals surface area contributed by atoms with Gasteiger partial charge in [0.2, 0.25) is 0 Å². The molecule has 0 aliphatic rings. The van der Waals surface area contributed by atoms with E-state index in [4.69, 9.17) is 5.73 Å². The molecule has 2 N–H and O–H groups in total. The van der Waals surface area contributed by atoms with Crippen molar-refractivity contribution in [2.45, 2.75) is 0 Å². The lowest BCUT2D eigenvalue weighted by Crippen LogP contribution is -1.99. The van der Waals surface area contributed by atoms with Crippen LogP contribution in [0.15, 0.2) is 30.3 Å². The van der Waals surface area contributed by atoms with Gasteiger partial charge in [-0.1, -0.05) is 18.2 Å². The first-order valence-corrected chi connectivity index (χ1v) is 3.54. The molecule has 0 radical (unpaired) electrons. The van der Waals surface area contributed by atoms with Gasteiger partial charge < -0.3 is 10.6 Å². The number of nitrogens with two attached hydrogens (primary N) is 1. The van der Waals surface area contributed by atoms with Crippen LogP contribution < -0.4 is 5.73 Å². The second-order valence-electron chi connectivity index (χ2n) is 2.75. The first-order valence-electron chi connectivity index (χ1n) is 3.54. The van der Waals surface area contributed by atoms with Crippen LogP contribution in [-0.4, -0.2) is 26.0 Å². The van der Waals surface area contributed by atoms with Crippen LogP contribution in [0.1, 0.15) is 0 Å². The van der Waals surface area contributed by atoms with Gasteiger partial charge in [-0.15, -0.1) is 50.9 Å². The normalized spacial score (nSPS) is 6.86. The van der Waals surface area contributed by atoms with Crippen molar-refractivity contribution < 1.29 is 0 Å². The molecule has 14 heavy (non-hydrogen) atoms. The lowest BCUT2D eigenvalue weighted by atomic mass is 10.3. The van der Waals surface area contributed by atoms with Gasteiger partial charge in [0.25, 0.3) is 0 Å². The minimum atomic E-state index is 0. The third-order valence-electron chi connectivity index (χ3n) is 0.800. The zero-order valence-corrected chi connectivity index (χ0v) is 13.8. The first kappa shape index (κ1) is 23.9. The highest BCUT2D eigenvalue weighted by Crippen LogP contribution is 1.95. The Bertz CT molecular complexity index is 178. The van der Waals surface area contributed by atoms with E-state index < -0.39 is 0 Å². The molecule has 0 aliphatic heterocycles. The Hall–Kier alpha value is 0.420. The van der Waals surface area contributed by atoms with Crippen LogP contribution >= 0.6 is 50.9 Å². The number of hydrogen-bond acceptors (Lipinski definition) is 2. The van der Waals surface area contributed by atoms with E-state index in [-0.39, 0.29) is 50.9 Å². The molecule has 2 nitrogen and oxygen atoms in total. The molecule has 0 fully saturated rings. The van der Waals surface area contributed by atoms with Crippen molar-refractivity contribution in [3.63, 3.8) is 0 Å². The third-order valence-corrected chi connectivity index (χ3v) is 0.800. The quantitative estimate of drug-likeness (QED) is 0.685. The van der Waals surface area contributed by atoms with Gasteiger partial charge in [-0.3, -0.25) is 0 Å². The Morgan fingerprint density at radius 2 is 1.14 bits per heavy atom. The lowest BCUT2D eigenvalue weighted by molar-refractivity contribution is 0.505. The number of nitrogens with zero attached hydrogens (tertiary/aromatic N) is 1. The highest BCUT2D eigenvalue weighted by atomic mass is 79.9. The minimum absolute atomic E-state index is 0. The maximum Gasteiger partial charge on any atom is 0.0313 e. The van der Waals surface area contributed by atoms with Gasteiger partial charge >= 0.3 is 0 Å². The molecule has 86 valence electrons. The molecule has 1 aromatic carbocycles. The van der Waals surface area contributed by atoms with E-state index in [2.05, 4.69) is 0 Å². The van der Waals surface area contributed by atoms with Crippen molar-refractivity contribution in [2.75, 3.05) is 26.9 Å². The van der Waals surface area contributed by atoms with Gasteiger partial charge in [-0.25, -0.2) is 0 Å². The van der Waals surface area contributed by atoms with Crippen LogP contribution in [-0.2, 0) is 0 Å². The second kappa shape index (κ2) is 15.9. The Kier molecular flexibility index (Phi) is 27.1. The van der Waals surface area contributed by atoms with Gasteiger partial charge in [0, 0.05) is 5.69 Å². The summed E-state index contributed by atoms with van der Waals surface area (Å²) in [5, 5.41) is 0. The highest BCUT2D eigenvalue weighted by Gasteiger charge is 1.72. The molecule has 0 aromatic heterocycles. The Balaban J connectivity index is -0.0000000650. The number of nitrogen functional groups attached to an aromatic ring is 1. The average molecular weight is 395 g/mol. The second-order valence-corrected chi connectivity index (χ2v) is 2.75. The van der Waals surface area contributed by atoms with Crippen LogP contribution in [0.5, 0.6) is 0 Å². The monoisotopic (exact) mass is 392 g/mol. The number of anilines is 1. The molecule has 0 unspecified atom stereocenters. The van der Waals surface area contributed by atoms with Gasteiger partial charge in [0.1, 0.15) is 0 Å². The summed E-state index contributed by atoms with van der Waals surface area (Å²) in [6.07, 6.45) is 0. The number of halogens is 3. The Labute approximate surface area is 118 Å². The maximum atomic E-state index is 5.36. The highest BCUT2D eigenvalue weighted by molar-refractivity contribution is 8.93. The summed E-state index contributed by atoms with van der Waals surface area (Å²) >= 11 is 0. The molecule has 0 saturated heterocycles. The van der Waals surface area contributed by atoms with E-state index in [9.17, 15) is 0 Å². The Morgan fingerprint density at radius 3 is 1.29 bits per heavy atom. The van der Waals surface area contributed by atoms with Crippen LogP contribution in [0.25, 0.3) is 0 Å². The fourth-order valence-electron chi connectivity index (χ4n) is 0.453. The van der Waals surface area contributed by atoms with Crippen LogP contribution in [0, 0.1) is 0 Å². The zero-order valence-electron chi connectivity index (χ0n) is 8.64. The van der Waals surface area contributed by atoms with E-state index in [0.29, 0.717) is 0 Å². The summed E-state index contributed by atoms with van der Waals surface area (Å²) < 4.78 is 0. The van der Waals surface area contributed by atoms with Crippen LogP contribution in [0.2, 0.25) is 0 Å². The standard InChI is InChI=1S/C6H7N.C3H9N.3BrH/c7-6-4-2-1-3-5-6;1-4(2)3;;;/h1-5H,7H2;1-3H3;3*1H. The van der Waals surface area contributed by atoms with Crippen molar-refractivity contribution in [3.8, 4) is 0 Å². The van der Waals surface area contributed by atoms with Gasteiger partial charge in [-0.2, -0.15) is 0 Å². The number of rotatable bonds is 0. The number of para-hydroxylation sites is 1. The van der Waals surface area contributed by atoms with Gasteiger partial charge in [0.05, 0.1) is 0 Å². The van der Waals surface area contributed by atoms with Crippen LogP contribution in [0.3, 0.4) is 0 Å². The summed E-state index contributed by atoms with van der Waals surface area (Å²) in [6, 6.07) is 9.49. The van der Waals surface area contributed by atoms with E-state index in [1.165, 1.54) is 0 Å². The molecule has 5 heteroatoms. The van der Waals surface area contributed by atoms with Gasteiger partial charge in [0.15, 0.2) is 0 Å². The van der Waals surface area contributed by atoms with Crippen molar-refractivity contribution >= 4 is 56.6 Å². The first-order chi connectivity index (χ1) is 5.13. The molecular weight excluding hydrogens is 376 g/mol. The van der Waals surface area contributed by atoms with Gasteiger partial charge in [-0.05, 0) is 33.3 Å². The molecule has 0 atom stereocenters. The zero-order chi connectivity index (χ0) is 8.69. The summed E-state index contributed by atoms with van der Waals surface area (Å²) in [5.41, 5.74) is 6.18. The van der Waals surface area contributed by atoms with Crippen molar-refractivity contribution in [1.82, 2.24) is 4.90 Å². The molecule has 0 saturated carbocycles. The molecular formula is C9H19Br3N2. The summed E-state index contributed by atoms with van der Waals surface area (Å²) in [5.74, 6) is 0. The smallest absolute Gasteiger partial charge is 0.0313 e. The van der Waals surface area contributed by atoms with Crippen molar-refractivity contribution in [3.05, 3.63) is 30.3 Å². The molecule has 0 aliphatic carbocycles. The average Bonchev–Trinajstić information content (AvgIpc) is 1.87. The largest absolute Gasteiger partial charge is 0.399 e. The topological polar surface area (TPSA) is 29.3 Å². The summed E-state index contributed by atoms with van der Waals surface area (Å²) in [6.45, 7) is 0. The fourth-order valence-corrected chi connectivity index (χ4v) is 0.453. The SMILES string of the molecule is Br.Br.Br.CN(C)C.Nc1ccccc1. The predicted octanol–water partition coefficient (Wildman–Crippen LogP) is 3.18. The third kappa shape index (κ3) is 22.8. The lowest BCUT2D eigenvalue weighted by Gasteiger charge is -1.90. The van der Waals surface area contributed by atoms with Crippen LogP contribution in [0.4, 0.5) is 5.69 Å². The fraction of sp³-hybridized carbons (Fsp3) is 0.333. The van der Waals surface area contributed by atoms with E-state index in [1.807, 2.05) is 56.4 Å². The summed E-state index contributed by atoms with van der Waals surface area (Å²) in [4.78, 5) is 2.00. The Morgan fingerprint density at radius 1 is 0.857 bits per heavy atom. The number of benzene rings is 1. The van der Waals surface area contributed by atoms with Crippen molar-refractivity contribution in [2.24, 2.45) is 0 Å². The number of hydrogen-bond donors (Lipinski definition) is 1. The van der Waals surface area contributed by atoms with E-state index in [0.717, 1.165) is 5.69 Å². The maximum absolute atomic E-state index is 5.36. The molecule has 1 rings (SSSR count). The van der Waals surface area contributed by atoms with E-state index >= 15 is 0 Å².